The summed E-state index contributed by atoms with van der Waals surface area (Å²) in [6.45, 7) is 5.99. The molecule has 5 aromatic carbocycles. The smallest absolute Gasteiger partial charge is 0.272 e. The molecule has 3 amide bonds. The van der Waals surface area contributed by atoms with Crippen molar-refractivity contribution in [3.8, 4) is 0 Å². The van der Waals surface area contributed by atoms with E-state index in [4.69, 9.17) is 0 Å². The summed E-state index contributed by atoms with van der Waals surface area (Å²) in [4.78, 5) is 40.9. The van der Waals surface area contributed by atoms with Gasteiger partial charge < -0.3 is 16.0 Å². The van der Waals surface area contributed by atoms with Gasteiger partial charge in [0.25, 0.3) is 11.8 Å². The maximum absolute atomic E-state index is 13.6. The van der Waals surface area contributed by atoms with Crippen LogP contribution in [-0.4, -0.2) is 17.7 Å². The Morgan fingerprint density at radius 1 is 0.696 bits per heavy atom. The van der Waals surface area contributed by atoms with E-state index in [2.05, 4.69) is 16.0 Å². The van der Waals surface area contributed by atoms with Gasteiger partial charge in [-0.1, -0.05) is 90.5 Å². The summed E-state index contributed by atoms with van der Waals surface area (Å²) in [5.41, 5.74) is 6.75. The third-order valence-electron chi connectivity index (χ3n) is 7.45. The monoisotopic (exact) mass is 625 g/mol. The highest BCUT2D eigenvalue weighted by Crippen LogP contribution is 2.37. The van der Waals surface area contributed by atoms with Gasteiger partial charge in [-0.15, -0.1) is 11.8 Å². The molecule has 5 rings (SSSR count). The minimum absolute atomic E-state index is 0.116. The third-order valence-corrected chi connectivity index (χ3v) is 8.72. The van der Waals surface area contributed by atoms with Crippen molar-refractivity contribution in [2.75, 3.05) is 10.6 Å². The summed E-state index contributed by atoms with van der Waals surface area (Å²) in [5, 5.41) is 8.29. The molecule has 1 atom stereocenters. The van der Waals surface area contributed by atoms with E-state index in [9.17, 15) is 14.4 Å². The molecule has 0 heterocycles. The molecule has 0 fully saturated rings. The van der Waals surface area contributed by atoms with Crippen LogP contribution in [0.25, 0.3) is 6.08 Å². The quantitative estimate of drug-likeness (QED) is 0.107. The maximum Gasteiger partial charge on any atom is 0.272 e. The van der Waals surface area contributed by atoms with Crippen LogP contribution in [-0.2, 0) is 9.59 Å². The lowest BCUT2D eigenvalue weighted by Gasteiger charge is -2.19. The molecule has 0 aliphatic carbocycles. The zero-order valence-corrected chi connectivity index (χ0v) is 26.7. The van der Waals surface area contributed by atoms with E-state index < -0.39 is 11.2 Å². The molecule has 6 nitrogen and oxygen atoms in total. The molecule has 46 heavy (non-hydrogen) atoms. The first-order chi connectivity index (χ1) is 22.3. The highest BCUT2D eigenvalue weighted by Gasteiger charge is 2.23. The fourth-order valence-corrected chi connectivity index (χ4v) is 5.83. The van der Waals surface area contributed by atoms with Crippen LogP contribution < -0.4 is 16.0 Å². The summed E-state index contributed by atoms with van der Waals surface area (Å²) in [5.74, 6) is -0.962. The molecule has 0 aliphatic heterocycles. The predicted molar refractivity (Wildman–Crippen MR) is 188 cm³/mol. The predicted octanol–water partition coefficient (Wildman–Crippen LogP) is 8.49. The summed E-state index contributed by atoms with van der Waals surface area (Å²) in [6.07, 6.45) is 1.66. The van der Waals surface area contributed by atoms with Crippen molar-refractivity contribution in [3.05, 3.63) is 166 Å². The Kier molecular flexibility index (Phi) is 10.5. The van der Waals surface area contributed by atoms with E-state index in [0.717, 1.165) is 38.4 Å². The molecule has 3 N–H and O–H groups in total. The van der Waals surface area contributed by atoms with Crippen LogP contribution in [0.1, 0.15) is 43.4 Å². The third kappa shape index (κ3) is 8.40. The molecule has 0 aliphatic rings. The Balaban J connectivity index is 1.33. The van der Waals surface area contributed by atoms with Crippen molar-refractivity contribution in [2.24, 2.45) is 0 Å². The first-order valence-electron chi connectivity index (χ1n) is 14.9. The molecular weight excluding hydrogens is 591 g/mol. The molecule has 0 radical (unpaired) electrons. The number of hydrogen-bond donors (Lipinski definition) is 3. The molecule has 0 spiro atoms. The lowest BCUT2D eigenvalue weighted by molar-refractivity contribution is -0.116. The van der Waals surface area contributed by atoms with Crippen molar-refractivity contribution in [2.45, 2.75) is 30.9 Å². The van der Waals surface area contributed by atoms with Gasteiger partial charge in [0.15, 0.2) is 0 Å². The second-order valence-electron chi connectivity index (χ2n) is 10.9. The van der Waals surface area contributed by atoms with Crippen molar-refractivity contribution in [3.63, 3.8) is 0 Å². The second kappa shape index (κ2) is 15.1. The zero-order chi connectivity index (χ0) is 32.5. The summed E-state index contributed by atoms with van der Waals surface area (Å²) in [7, 11) is 0. The second-order valence-corrected chi connectivity index (χ2v) is 12.1. The maximum atomic E-state index is 13.6. The topological polar surface area (TPSA) is 87.3 Å². The fourth-order valence-electron chi connectivity index (χ4n) is 4.81. The summed E-state index contributed by atoms with van der Waals surface area (Å²) < 4.78 is 0. The SMILES string of the molecule is Cc1cccc(/C=C(\NC(=O)c2ccccc2)C(=O)Nc2ccc(SC(C(=O)Nc3cccc(C)c3C)c3ccccc3)cc2)c1. The van der Waals surface area contributed by atoms with Crippen LogP contribution >= 0.6 is 11.8 Å². The number of rotatable bonds is 10. The number of anilines is 2. The normalized spacial score (nSPS) is 11.8. The van der Waals surface area contributed by atoms with E-state index in [1.807, 2.05) is 112 Å². The van der Waals surface area contributed by atoms with E-state index in [-0.39, 0.29) is 17.5 Å². The van der Waals surface area contributed by atoms with Gasteiger partial charge in [0.05, 0.1) is 0 Å². The van der Waals surface area contributed by atoms with Gasteiger partial charge in [-0.2, -0.15) is 0 Å². The van der Waals surface area contributed by atoms with Gasteiger partial charge in [0.2, 0.25) is 5.91 Å². The first-order valence-corrected chi connectivity index (χ1v) is 15.8. The van der Waals surface area contributed by atoms with Gasteiger partial charge in [-0.3, -0.25) is 14.4 Å². The number of carbonyl (C=O) groups excluding carboxylic acids is 3. The number of carbonyl (C=O) groups is 3. The zero-order valence-electron chi connectivity index (χ0n) is 25.9. The summed E-state index contributed by atoms with van der Waals surface area (Å²) in [6, 6.07) is 39.3. The van der Waals surface area contributed by atoms with Crippen molar-refractivity contribution < 1.29 is 14.4 Å². The van der Waals surface area contributed by atoms with Gasteiger partial charge in [-0.25, -0.2) is 0 Å². The van der Waals surface area contributed by atoms with E-state index in [1.54, 1.807) is 42.5 Å². The molecular formula is C39H35N3O3S. The van der Waals surface area contributed by atoms with Crippen LogP contribution in [0.2, 0.25) is 0 Å². The average molecular weight is 626 g/mol. The number of thioether (sulfide) groups is 1. The molecule has 0 bridgehead atoms. The number of benzene rings is 5. The summed E-state index contributed by atoms with van der Waals surface area (Å²) >= 11 is 1.43. The minimum atomic E-state index is -0.501. The minimum Gasteiger partial charge on any atom is -0.325 e. The Labute approximate surface area is 274 Å². The number of nitrogens with one attached hydrogen (secondary N) is 3. The van der Waals surface area contributed by atoms with Crippen LogP contribution in [0.3, 0.4) is 0 Å². The van der Waals surface area contributed by atoms with Crippen LogP contribution in [0.15, 0.2) is 138 Å². The lowest BCUT2D eigenvalue weighted by Crippen LogP contribution is -2.30. The highest BCUT2D eigenvalue weighted by atomic mass is 32.2. The Morgan fingerprint density at radius 3 is 2.07 bits per heavy atom. The largest absolute Gasteiger partial charge is 0.325 e. The number of amides is 3. The van der Waals surface area contributed by atoms with Gasteiger partial charge in [-0.05, 0) is 91.6 Å². The van der Waals surface area contributed by atoms with Crippen molar-refractivity contribution >= 4 is 46.9 Å². The molecule has 0 aromatic heterocycles. The molecule has 0 saturated heterocycles. The van der Waals surface area contributed by atoms with Gasteiger partial charge in [0.1, 0.15) is 10.9 Å². The standard InChI is InChI=1S/C39H35N3O3S/c1-26-12-10-14-29(24-26)25-35(42-37(43)31-17-8-5-9-18-31)38(44)40-32-20-22-33(23-21-32)46-36(30-15-6-4-7-16-30)39(45)41-34-19-11-13-27(2)28(34)3/h4-25,36H,1-3H3,(H,40,44)(H,41,45)(H,42,43)/b35-25-. The van der Waals surface area contributed by atoms with Gasteiger partial charge >= 0.3 is 0 Å². The van der Waals surface area contributed by atoms with Crippen LogP contribution in [0, 0.1) is 20.8 Å². The molecule has 7 heteroatoms. The van der Waals surface area contributed by atoms with Crippen molar-refractivity contribution in [1.82, 2.24) is 5.32 Å². The van der Waals surface area contributed by atoms with Crippen molar-refractivity contribution in [1.29, 1.82) is 0 Å². The van der Waals surface area contributed by atoms with E-state index in [0.29, 0.717) is 11.3 Å². The van der Waals surface area contributed by atoms with Gasteiger partial charge in [0, 0.05) is 21.8 Å². The van der Waals surface area contributed by atoms with Crippen LogP contribution in [0.4, 0.5) is 11.4 Å². The average Bonchev–Trinajstić information content (AvgIpc) is 3.07. The molecule has 5 aromatic rings. The Morgan fingerprint density at radius 2 is 1.37 bits per heavy atom. The number of hydrogen-bond acceptors (Lipinski definition) is 4. The Hall–Kier alpha value is -5.40. The molecule has 230 valence electrons. The fraction of sp³-hybridized carbons (Fsp3) is 0.103. The van der Waals surface area contributed by atoms with Crippen LogP contribution in [0.5, 0.6) is 0 Å². The Bertz CT molecular complexity index is 1870. The highest BCUT2D eigenvalue weighted by molar-refractivity contribution is 8.00. The van der Waals surface area contributed by atoms with E-state index >= 15 is 0 Å². The first kappa shape index (κ1) is 32.0. The number of aryl methyl sites for hydroxylation is 2. The molecule has 1 unspecified atom stereocenters. The van der Waals surface area contributed by atoms with E-state index in [1.165, 1.54) is 11.8 Å². The lowest BCUT2D eigenvalue weighted by atomic mass is 10.1. The molecule has 0 saturated carbocycles.